The number of hydrogen-bond acceptors (Lipinski definition) is 3. The number of nitrogens with one attached hydrogen (secondary N) is 2. The second kappa shape index (κ2) is 6.16. The lowest BCUT2D eigenvalue weighted by Gasteiger charge is -2.09. The van der Waals surface area contributed by atoms with Gasteiger partial charge in [0.1, 0.15) is 5.82 Å². The number of amides is 1. The van der Waals surface area contributed by atoms with E-state index in [2.05, 4.69) is 10.7 Å². The van der Waals surface area contributed by atoms with Gasteiger partial charge in [0.15, 0.2) is 0 Å². The number of halogens is 1. The van der Waals surface area contributed by atoms with Crippen LogP contribution in [0.25, 0.3) is 0 Å². The zero-order valence-electron chi connectivity index (χ0n) is 11.1. The second-order valence-electron chi connectivity index (χ2n) is 4.48. The molecular weight excluding hydrogens is 257 g/mol. The van der Waals surface area contributed by atoms with E-state index < -0.39 is 0 Å². The maximum Gasteiger partial charge on any atom is 0.251 e. The van der Waals surface area contributed by atoms with Crippen LogP contribution in [-0.4, -0.2) is 5.91 Å². The predicted molar refractivity (Wildman–Crippen MR) is 76.6 cm³/mol. The van der Waals surface area contributed by atoms with Crippen LogP contribution < -0.4 is 16.6 Å². The van der Waals surface area contributed by atoms with Gasteiger partial charge < -0.3 is 10.7 Å². The van der Waals surface area contributed by atoms with E-state index in [1.54, 1.807) is 30.3 Å². The van der Waals surface area contributed by atoms with Crippen molar-refractivity contribution in [2.24, 2.45) is 5.84 Å². The summed E-state index contributed by atoms with van der Waals surface area (Å²) in [5.74, 6) is 4.85. The van der Waals surface area contributed by atoms with Crippen LogP contribution in [0, 0.1) is 12.7 Å². The highest BCUT2D eigenvalue weighted by molar-refractivity contribution is 5.96. The molecule has 2 aromatic carbocycles. The minimum atomic E-state index is -0.291. The molecule has 0 bridgehead atoms. The minimum absolute atomic E-state index is 0.171. The molecule has 4 N–H and O–H groups in total. The zero-order chi connectivity index (χ0) is 14.5. The van der Waals surface area contributed by atoms with Gasteiger partial charge in [0.05, 0.1) is 0 Å². The van der Waals surface area contributed by atoms with Crippen LogP contribution in [0.4, 0.5) is 10.1 Å². The van der Waals surface area contributed by atoms with E-state index in [4.69, 9.17) is 5.84 Å². The number of rotatable bonds is 4. The molecule has 0 heterocycles. The Labute approximate surface area is 116 Å². The first kappa shape index (κ1) is 14.0. The van der Waals surface area contributed by atoms with Crippen LogP contribution in [0.3, 0.4) is 0 Å². The van der Waals surface area contributed by atoms with E-state index in [-0.39, 0.29) is 11.7 Å². The van der Waals surface area contributed by atoms with E-state index in [0.29, 0.717) is 12.1 Å². The molecule has 20 heavy (non-hydrogen) atoms. The maximum absolute atomic E-state index is 12.8. The molecule has 0 aliphatic carbocycles. The molecule has 0 saturated heterocycles. The summed E-state index contributed by atoms with van der Waals surface area (Å²) >= 11 is 0. The molecule has 0 unspecified atom stereocenters. The Kier molecular flexibility index (Phi) is 4.32. The van der Waals surface area contributed by atoms with Gasteiger partial charge in [-0.15, -0.1) is 0 Å². The maximum atomic E-state index is 12.8. The third kappa shape index (κ3) is 3.33. The smallest absolute Gasteiger partial charge is 0.251 e. The molecule has 2 aromatic rings. The van der Waals surface area contributed by atoms with Crippen LogP contribution in [0.5, 0.6) is 0 Å². The van der Waals surface area contributed by atoms with Crippen molar-refractivity contribution in [2.75, 3.05) is 5.43 Å². The number of hydrogen-bond donors (Lipinski definition) is 3. The number of carbonyl (C=O) groups is 1. The van der Waals surface area contributed by atoms with Crippen LogP contribution in [0.2, 0.25) is 0 Å². The summed E-state index contributed by atoms with van der Waals surface area (Å²) in [6.45, 7) is 2.20. The molecule has 1 amide bonds. The molecule has 5 heteroatoms. The summed E-state index contributed by atoms with van der Waals surface area (Å²) in [6.07, 6.45) is 0. The highest BCUT2D eigenvalue weighted by atomic mass is 19.1. The van der Waals surface area contributed by atoms with Gasteiger partial charge in [-0.25, -0.2) is 4.39 Å². The monoisotopic (exact) mass is 273 g/mol. The number of anilines is 1. The standard InChI is InChI=1S/C15H16FN3O/c1-10-8-13(19-17)6-7-14(10)15(20)18-9-11-2-4-12(16)5-3-11/h2-8,19H,9,17H2,1H3,(H,18,20). The number of hydrazine groups is 1. The SMILES string of the molecule is Cc1cc(NN)ccc1C(=O)NCc1ccc(F)cc1. The highest BCUT2D eigenvalue weighted by Gasteiger charge is 2.09. The fourth-order valence-electron chi connectivity index (χ4n) is 1.89. The molecule has 0 spiro atoms. The van der Waals surface area contributed by atoms with Gasteiger partial charge >= 0.3 is 0 Å². The number of nitrogens with two attached hydrogens (primary N) is 1. The molecular formula is C15H16FN3O. The van der Waals surface area contributed by atoms with Gasteiger partial charge in [-0.2, -0.15) is 0 Å². The van der Waals surface area contributed by atoms with E-state index in [1.165, 1.54) is 12.1 Å². The number of nitrogen functional groups attached to an aromatic ring is 1. The topological polar surface area (TPSA) is 67.1 Å². The average molecular weight is 273 g/mol. The van der Waals surface area contributed by atoms with Gasteiger partial charge in [-0.05, 0) is 48.4 Å². The van der Waals surface area contributed by atoms with E-state index in [1.807, 2.05) is 6.92 Å². The van der Waals surface area contributed by atoms with Crippen molar-refractivity contribution in [3.8, 4) is 0 Å². The summed E-state index contributed by atoms with van der Waals surface area (Å²) in [5, 5.41) is 2.80. The van der Waals surface area contributed by atoms with E-state index in [9.17, 15) is 9.18 Å². The van der Waals surface area contributed by atoms with Crippen molar-refractivity contribution in [1.82, 2.24) is 5.32 Å². The molecule has 0 aliphatic heterocycles. The van der Waals surface area contributed by atoms with Crippen molar-refractivity contribution in [2.45, 2.75) is 13.5 Å². The third-order valence-corrected chi connectivity index (χ3v) is 3.00. The van der Waals surface area contributed by atoms with Crippen molar-refractivity contribution >= 4 is 11.6 Å². The largest absolute Gasteiger partial charge is 0.348 e. The van der Waals surface area contributed by atoms with Gasteiger partial charge in [-0.3, -0.25) is 10.6 Å². The predicted octanol–water partition coefficient (Wildman–Crippen LogP) is 2.35. The van der Waals surface area contributed by atoms with Crippen molar-refractivity contribution < 1.29 is 9.18 Å². The second-order valence-corrected chi connectivity index (χ2v) is 4.48. The summed E-state index contributed by atoms with van der Waals surface area (Å²) in [6, 6.07) is 11.3. The quantitative estimate of drug-likeness (QED) is 0.591. The normalized spacial score (nSPS) is 10.2. The van der Waals surface area contributed by atoms with Crippen LogP contribution in [0.1, 0.15) is 21.5 Å². The molecule has 2 rings (SSSR count). The lowest BCUT2D eigenvalue weighted by molar-refractivity contribution is 0.0950. The Balaban J connectivity index is 2.03. The van der Waals surface area contributed by atoms with Gasteiger partial charge in [0, 0.05) is 17.8 Å². The Bertz CT molecular complexity index is 611. The Morgan fingerprint density at radius 2 is 1.90 bits per heavy atom. The molecule has 0 saturated carbocycles. The molecule has 0 atom stereocenters. The van der Waals surface area contributed by atoms with Crippen LogP contribution >= 0.6 is 0 Å². The highest BCUT2D eigenvalue weighted by Crippen LogP contribution is 2.14. The summed E-state index contributed by atoms with van der Waals surface area (Å²) < 4.78 is 12.8. The fraction of sp³-hybridized carbons (Fsp3) is 0.133. The Hall–Kier alpha value is -2.40. The number of carbonyl (C=O) groups excluding carboxylic acids is 1. The fourth-order valence-corrected chi connectivity index (χ4v) is 1.89. The molecule has 4 nitrogen and oxygen atoms in total. The van der Waals surface area contributed by atoms with Crippen LogP contribution in [0.15, 0.2) is 42.5 Å². The average Bonchev–Trinajstić information content (AvgIpc) is 2.46. The lowest BCUT2D eigenvalue weighted by atomic mass is 10.1. The van der Waals surface area contributed by atoms with Crippen molar-refractivity contribution in [3.63, 3.8) is 0 Å². The Morgan fingerprint density at radius 3 is 2.50 bits per heavy atom. The Morgan fingerprint density at radius 1 is 1.20 bits per heavy atom. The van der Waals surface area contributed by atoms with E-state index >= 15 is 0 Å². The number of benzene rings is 2. The van der Waals surface area contributed by atoms with Gasteiger partial charge in [0.2, 0.25) is 0 Å². The van der Waals surface area contributed by atoms with Crippen molar-refractivity contribution in [3.05, 3.63) is 65.0 Å². The van der Waals surface area contributed by atoms with Gasteiger partial charge in [-0.1, -0.05) is 12.1 Å². The molecule has 0 radical (unpaired) electrons. The summed E-state index contributed by atoms with van der Waals surface area (Å²) in [7, 11) is 0. The van der Waals surface area contributed by atoms with Crippen LogP contribution in [-0.2, 0) is 6.54 Å². The molecule has 0 fully saturated rings. The first-order valence-corrected chi connectivity index (χ1v) is 6.20. The first-order valence-electron chi connectivity index (χ1n) is 6.20. The van der Waals surface area contributed by atoms with Gasteiger partial charge in [0.25, 0.3) is 5.91 Å². The van der Waals surface area contributed by atoms with E-state index in [0.717, 1.165) is 16.8 Å². The number of aryl methyl sites for hydroxylation is 1. The summed E-state index contributed by atoms with van der Waals surface area (Å²) in [5.41, 5.74) is 5.54. The molecule has 0 aliphatic rings. The third-order valence-electron chi connectivity index (χ3n) is 3.00. The van der Waals surface area contributed by atoms with Crippen molar-refractivity contribution in [1.29, 1.82) is 0 Å². The minimum Gasteiger partial charge on any atom is -0.348 e. The molecule has 104 valence electrons. The summed E-state index contributed by atoms with van der Waals surface area (Å²) in [4.78, 5) is 12.1. The first-order chi connectivity index (χ1) is 9.60. The lowest BCUT2D eigenvalue weighted by Crippen LogP contribution is -2.23. The zero-order valence-corrected chi connectivity index (χ0v) is 11.1. The molecule has 0 aromatic heterocycles.